The van der Waals surface area contributed by atoms with E-state index in [1.165, 1.54) is 13.0 Å². The second-order valence-electron chi connectivity index (χ2n) is 3.23. The Balaban J connectivity index is 2.94. The first-order valence-electron chi connectivity index (χ1n) is 4.27. The van der Waals surface area contributed by atoms with Gasteiger partial charge in [0.2, 0.25) is 0 Å². The molecule has 0 bridgehead atoms. The number of amides is 1. The Hall–Kier alpha value is -0.972. The average molecular weight is 277 g/mol. The Bertz CT molecular complexity index is 392. The Morgan fingerprint density at radius 3 is 2.47 bits per heavy atom. The predicted octanol–water partition coefficient (Wildman–Crippen LogP) is -0.495. The Labute approximate surface area is 89.3 Å². The molecule has 0 radical (unpaired) electrons. The zero-order valence-electron chi connectivity index (χ0n) is 8.10. The molecule has 0 saturated heterocycles. The SMILES string of the molecule is CC(=O)NC1=CC(O)=C([As](=O)(O)O)CC1. The Kier molecular flexibility index (Phi) is 3.44. The van der Waals surface area contributed by atoms with Crippen LogP contribution in [0.15, 0.2) is 21.9 Å². The Morgan fingerprint density at radius 1 is 1.47 bits per heavy atom. The van der Waals surface area contributed by atoms with E-state index < -0.39 is 19.9 Å². The summed E-state index contributed by atoms with van der Waals surface area (Å²) in [6, 6.07) is 0. The molecule has 4 N–H and O–H groups in total. The first-order valence-corrected chi connectivity index (χ1v) is 7.65. The molecule has 0 saturated carbocycles. The van der Waals surface area contributed by atoms with Crippen molar-refractivity contribution in [1.29, 1.82) is 0 Å². The topological polar surface area (TPSA) is 107 Å². The molecule has 0 aromatic heterocycles. The first-order chi connectivity index (χ1) is 6.80. The van der Waals surface area contributed by atoms with Gasteiger partial charge in [0.15, 0.2) is 0 Å². The second kappa shape index (κ2) is 4.26. The molecule has 0 aliphatic heterocycles. The van der Waals surface area contributed by atoms with Crippen molar-refractivity contribution in [1.82, 2.24) is 5.32 Å². The fourth-order valence-corrected chi connectivity index (χ4v) is 2.93. The summed E-state index contributed by atoms with van der Waals surface area (Å²) in [5.41, 5.74) is 0.465. The monoisotopic (exact) mass is 277 g/mol. The molecular formula is C8H12AsNO5. The van der Waals surface area contributed by atoms with Crippen LogP contribution in [-0.4, -0.2) is 33.4 Å². The molecule has 7 heteroatoms. The number of nitrogens with one attached hydrogen (secondary N) is 1. The molecule has 0 aromatic carbocycles. The van der Waals surface area contributed by atoms with Gasteiger partial charge in [0, 0.05) is 0 Å². The minimum atomic E-state index is -5.00. The molecule has 1 rings (SSSR count). The number of allylic oxidation sites excluding steroid dienone is 3. The predicted molar refractivity (Wildman–Crippen MR) is 51.7 cm³/mol. The molecule has 0 aromatic rings. The standard InChI is InChI=1S/C8H12AsNO5/c1-5(11)10-6-2-3-7(8(12)4-6)9(13,14)15/h4,12H,2-3H2,1H3,(H,10,11)(H2,13,14,15). The van der Waals surface area contributed by atoms with Crippen LogP contribution in [0.1, 0.15) is 19.8 Å². The van der Waals surface area contributed by atoms with Crippen LogP contribution >= 0.6 is 0 Å². The number of aliphatic hydroxyl groups excluding tert-OH is 1. The van der Waals surface area contributed by atoms with Crippen LogP contribution < -0.4 is 5.32 Å². The number of aliphatic hydroxyl groups is 1. The van der Waals surface area contributed by atoms with E-state index in [0.717, 1.165) is 0 Å². The van der Waals surface area contributed by atoms with E-state index in [2.05, 4.69) is 5.32 Å². The molecule has 0 atom stereocenters. The van der Waals surface area contributed by atoms with Crippen molar-refractivity contribution < 1.29 is 21.8 Å². The van der Waals surface area contributed by atoms with Crippen molar-refractivity contribution in [2.45, 2.75) is 19.8 Å². The third-order valence-electron chi connectivity index (χ3n) is 1.93. The van der Waals surface area contributed by atoms with Gasteiger partial charge in [0.05, 0.1) is 0 Å². The van der Waals surface area contributed by atoms with Crippen LogP contribution in [0.2, 0.25) is 0 Å². The van der Waals surface area contributed by atoms with Crippen LogP contribution in [-0.2, 0) is 8.53 Å². The molecule has 0 heterocycles. The molecule has 15 heavy (non-hydrogen) atoms. The molecular weight excluding hydrogens is 265 g/mol. The van der Waals surface area contributed by atoms with Crippen molar-refractivity contribution in [2.75, 3.05) is 0 Å². The van der Waals surface area contributed by atoms with Crippen molar-refractivity contribution in [3.05, 3.63) is 21.9 Å². The van der Waals surface area contributed by atoms with Gasteiger partial charge in [-0.15, -0.1) is 0 Å². The quantitative estimate of drug-likeness (QED) is 0.509. The molecule has 0 unspecified atom stereocenters. The molecule has 1 aliphatic rings. The summed E-state index contributed by atoms with van der Waals surface area (Å²) >= 11 is -5.00. The fraction of sp³-hybridized carbons (Fsp3) is 0.375. The van der Waals surface area contributed by atoms with Crippen LogP contribution in [0, 0.1) is 0 Å². The van der Waals surface area contributed by atoms with Gasteiger partial charge >= 0.3 is 88.9 Å². The summed E-state index contributed by atoms with van der Waals surface area (Å²) in [5.74, 6) is -0.712. The number of hydrogen-bond donors (Lipinski definition) is 4. The zero-order chi connectivity index (χ0) is 11.6. The van der Waals surface area contributed by atoms with Crippen LogP contribution in [0.3, 0.4) is 0 Å². The van der Waals surface area contributed by atoms with Crippen molar-refractivity contribution in [3.8, 4) is 0 Å². The van der Waals surface area contributed by atoms with Crippen molar-refractivity contribution >= 4 is 20.1 Å². The average Bonchev–Trinajstić information content (AvgIpc) is 1.99. The van der Waals surface area contributed by atoms with Gasteiger partial charge in [-0.2, -0.15) is 0 Å². The number of rotatable bonds is 2. The van der Waals surface area contributed by atoms with E-state index in [4.69, 9.17) is 8.19 Å². The van der Waals surface area contributed by atoms with E-state index in [-0.39, 0.29) is 16.7 Å². The molecule has 1 amide bonds. The summed E-state index contributed by atoms with van der Waals surface area (Å²) in [6.45, 7) is 1.32. The fourth-order valence-electron chi connectivity index (χ4n) is 1.32. The van der Waals surface area contributed by atoms with Crippen LogP contribution in [0.4, 0.5) is 0 Å². The molecule has 1 aliphatic carbocycles. The summed E-state index contributed by atoms with van der Waals surface area (Å²) in [4.78, 5) is 10.7. The minimum absolute atomic E-state index is 0.0709. The second-order valence-corrected chi connectivity index (χ2v) is 6.64. The van der Waals surface area contributed by atoms with E-state index in [1.807, 2.05) is 0 Å². The zero-order valence-corrected chi connectivity index (χ0v) is 9.97. The summed E-state index contributed by atoms with van der Waals surface area (Å²) < 4.78 is 28.6. The van der Waals surface area contributed by atoms with E-state index >= 15 is 0 Å². The van der Waals surface area contributed by atoms with Gasteiger partial charge < -0.3 is 0 Å². The van der Waals surface area contributed by atoms with Gasteiger partial charge in [0.25, 0.3) is 0 Å². The summed E-state index contributed by atoms with van der Waals surface area (Å²) in [7, 11) is 0. The summed E-state index contributed by atoms with van der Waals surface area (Å²) in [6.07, 6.45) is 1.56. The van der Waals surface area contributed by atoms with Crippen LogP contribution in [0.5, 0.6) is 0 Å². The maximum atomic E-state index is 10.9. The van der Waals surface area contributed by atoms with Gasteiger partial charge in [0.1, 0.15) is 0 Å². The maximum absolute atomic E-state index is 10.9. The van der Waals surface area contributed by atoms with E-state index in [0.29, 0.717) is 12.1 Å². The van der Waals surface area contributed by atoms with Gasteiger partial charge in [-0.1, -0.05) is 0 Å². The summed E-state index contributed by atoms with van der Waals surface area (Å²) in [5, 5.41) is 11.8. The van der Waals surface area contributed by atoms with E-state index in [9.17, 15) is 13.6 Å². The Morgan fingerprint density at radius 2 is 2.07 bits per heavy atom. The van der Waals surface area contributed by atoms with Gasteiger partial charge in [-0.3, -0.25) is 0 Å². The molecule has 0 fully saturated rings. The van der Waals surface area contributed by atoms with Crippen LogP contribution in [0.25, 0.3) is 0 Å². The molecule has 84 valence electrons. The first kappa shape index (κ1) is 12.1. The van der Waals surface area contributed by atoms with Gasteiger partial charge in [-0.25, -0.2) is 0 Å². The number of carbonyl (C=O) groups excluding carboxylic acids is 1. The van der Waals surface area contributed by atoms with Crippen molar-refractivity contribution in [3.63, 3.8) is 0 Å². The normalized spacial score (nSPS) is 17.4. The van der Waals surface area contributed by atoms with Gasteiger partial charge in [-0.05, 0) is 0 Å². The van der Waals surface area contributed by atoms with E-state index in [1.54, 1.807) is 0 Å². The number of carbonyl (C=O) groups is 1. The third-order valence-corrected chi connectivity index (χ3v) is 4.35. The molecule has 6 nitrogen and oxygen atoms in total. The number of hydrogen-bond acceptors (Lipinski definition) is 3. The molecule has 0 spiro atoms. The third kappa shape index (κ3) is 3.27. The van der Waals surface area contributed by atoms with Crippen molar-refractivity contribution in [2.24, 2.45) is 0 Å².